The lowest BCUT2D eigenvalue weighted by Gasteiger charge is -2.05. The van der Waals surface area contributed by atoms with Gasteiger partial charge in [-0.1, -0.05) is 0 Å². The second kappa shape index (κ2) is 4.17. The number of furan rings is 1. The van der Waals surface area contributed by atoms with Crippen molar-refractivity contribution in [2.75, 3.05) is 7.11 Å². The van der Waals surface area contributed by atoms with Crippen molar-refractivity contribution >= 4 is 32.9 Å². The minimum atomic E-state index is -0.629. The molecule has 0 amide bonds. The first-order valence-corrected chi connectivity index (χ1v) is 6.48. The van der Waals surface area contributed by atoms with Gasteiger partial charge in [0.05, 0.1) is 12.5 Å². The van der Waals surface area contributed by atoms with Crippen LogP contribution in [0.4, 0.5) is 0 Å². The predicted molar refractivity (Wildman–Crippen MR) is 79.6 cm³/mol. The van der Waals surface area contributed by atoms with Crippen LogP contribution in [0.2, 0.25) is 0 Å². The fraction of sp³-hybridized carbons (Fsp3) is 0.0625. The highest BCUT2D eigenvalue weighted by atomic mass is 16.5. The smallest absolute Gasteiger partial charge is 0.348 e. The van der Waals surface area contributed by atoms with Crippen molar-refractivity contribution in [3.05, 3.63) is 40.8 Å². The van der Waals surface area contributed by atoms with Gasteiger partial charge in [-0.05, 0) is 24.3 Å². The third kappa shape index (κ3) is 1.52. The first kappa shape index (κ1) is 12.6. The Morgan fingerprint density at radius 3 is 2.55 bits per heavy atom. The van der Waals surface area contributed by atoms with Crippen LogP contribution in [0, 0.1) is 0 Å². The molecule has 4 rings (SSSR count). The molecule has 110 valence electrons. The van der Waals surface area contributed by atoms with Gasteiger partial charge in [0.1, 0.15) is 16.7 Å². The molecule has 0 aliphatic heterocycles. The highest BCUT2D eigenvalue weighted by molar-refractivity contribution is 6.14. The van der Waals surface area contributed by atoms with Crippen molar-refractivity contribution in [2.45, 2.75) is 0 Å². The molecule has 0 spiro atoms. The third-order valence-corrected chi connectivity index (χ3v) is 3.63. The topological polar surface area (TPSA) is 93.0 Å². The summed E-state index contributed by atoms with van der Waals surface area (Å²) < 4.78 is 15.9. The van der Waals surface area contributed by atoms with E-state index in [0.29, 0.717) is 21.9 Å². The van der Waals surface area contributed by atoms with Gasteiger partial charge < -0.3 is 23.8 Å². The van der Waals surface area contributed by atoms with Gasteiger partial charge in [0.25, 0.3) is 0 Å². The Kier molecular flexibility index (Phi) is 2.39. The molecule has 0 radical (unpaired) electrons. The van der Waals surface area contributed by atoms with E-state index in [9.17, 15) is 15.0 Å². The number of phenols is 2. The number of methoxy groups -OCH3 is 1. The average Bonchev–Trinajstić information content (AvgIpc) is 2.87. The summed E-state index contributed by atoms with van der Waals surface area (Å²) in [6.45, 7) is 0. The average molecular weight is 298 g/mol. The SMILES string of the molecule is COc1ccc2c(oc(=O)c3c4ccc(O)cc4oc23)c1O. The number of hydrogen-bond donors (Lipinski definition) is 2. The Morgan fingerprint density at radius 1 is 1.00 bits per heavy atom. The van der Waals surface area contributed by atoms with Crippen molar-refractivity contribution in [3.63, 3.8) is 0 Å². The maximum atomic E-state index is 12.3. The van der Waals surface area contributed by atoms with E-state index >= 15 is 0 Å². The summed E-state index contributed by atoms with van der Waals surface area (Å²) in [6, 6.07) is 7.67. The highest BCUT2D eigenvalue weighted by Crippen LogP contribution is 2.39. The molecule has 4 aromatic rings. The zero-order valence-electron chi connectivity index (χ0n) is 11.4. The van der Waals surface area contributed by atoms with Crippen LogP contribution in [-0.2, 0) is 0 Å². The summed E-state index contributed by atoms with van der Waals surface area (Å²) in [6.07, 6.45) is 0. The molecular weight excluding hydrogens is 288 g/mol. The molecule has 6 nitrogen and oxygen atoms in total. The summed E-state index contributed by atoms with van der Waals surface area (Å²) in [4.78, 5) is 12.3. The minimum Gasteiger partial charge on any atom is -0.508 e. The molecule has 2 N–H and O–H groups in total. The van der Waals surface area contributed by atoms with Crippen LogP contribution in [-0.4, -0.2) is 17.3 Å². The van der Waals surface area contributed by atoms with Gasteiger partial charge in [-0.25, -0.2) is 4.79 Å². The lowest BCUT2D eigenvalue weighted by Crippen LogP contribution is -1.98. The van der Waals surface area contributed by atoms with Gasteiger partial charge in [0.2, 0.25) is 5.75 Å². The van der Waals surface area contributed by atoms with Crippen molar-refractivity contribution in [3.8, 4) is 17.2 Å². The fourth-order valence-electron chi connectivity index (χ4n) is 2.62. The van der Waals surface area contributed by atoms with E-state index in [-0.39, 0.29) is 28.2 Å². The van der Waals surface area contributed by atoms with Crippen LogP contribution >= 0.6 is 0 Å². The van der Waals surface area contributed by atoms with Gasteiger partial charge in [0, 0.05) is 11.5 Å². The van der Waals surface area contributed by atoms with Crippen LogP contribution in [0.3, 0.4) is 0 Å². The molecule has 0 bridgehead atoms. The number of benzene rings is 2. The Labute approximate surface area is 122 Å². The number of ether oxygens (including phenoxy) is 1. The zero-order chi connectivity index (χ0) is 15.4. The molecule has 0 saturated heterocycles. The van der Waals surface area contributed by atoms with Crippen LogP contribution < -0.4 is 10.4 Å². The lowest BCUT2D eigenvalue weighted by atomic mass is 10.1. The summed E-state index contributed by atoms with van der Waals surface area (Å²) >= 11 is 0. The van der Waals surface area contributed by atoms with Crippen LogP contribution in [0.15, 0.2) is 44.0 Å². The van der Waals surface area contributed by atoms with E-state index in [2.05, 4.69) is 0 Å². The first-order chi connectivity index (χ1) is 10.6. The van der Waals surface area contributed by atoms with E-state index in [0.717, 1.165) is 0 Å². The molecule has 0 saturated carbocycles. The number of phenolic OH excluding ortho intramolecular Hbond substituents is 2. The number of rotatable bonds is 1. The van der Waals surface area contributed by atoms with Crippen LogP contribution in [0.25, 0.3) is 32.9 Å². The highest BCUT2D eigenvalue weighted by Gasteiger charge is 2.19. The maximum Gasteiger partial charge on any atom is 0.348 e. The van der Waals surface area contributed by atoms with Crippen molar-refractivity contribution in [1.29, 1.82) is 0 Å². The number of fused-ring (bicyclic) bond motifs is 5. The third-order valence-electron chi connectivity index (χ3n) is 3.63. The van der Waals surface area contributed by atoms with E-state index in [1.807, 2.05) is 0 Å². The van der Waals surface area contributed by atoms with Gasteiger partial charge >= 0.3 is 5.63 Å². The molecule has 2 heterocycles. The molecule has 6 heteroatoms. The second-order valence-corrected chi connectivity index (χ2v) is 4.87. The minimum absolute atomic E-state index is 0.000119. The summed E-state index contributed by atoms with van der Waals surface area (Å²) in [5.74, 6) is -0.0316. The number of aromatic hydroxyl groups is 2. The largest absolute Gasteiger partial charge is 0.508 e. The normalized spacial score (nSPS) is 11.5. The maximum absolute atomic E-state index is 12.3. The van der Waals surface area contributed by atoms with Gasteiger partial charge in [-0.3, -0.25) is 0 Å². The van der Waals surface area contributed by atoms with Gasteiger partial charge in [0.15, 0.2) is 16.9 Å². The molecule has 0 fully saturated rings. The Bertz CT molecular complexity index is 1100. The Morgan fingerprint density at radius 2 is 1.77 bits per heavy atom. The van der Waals surface area contributed by atoms with Crippen molar-refractivity contribution in [1.82, 2.24) is 0 Å². The molecule has 0 unspecified atom stereocenters. The molecular formula is C16H10O6. The number of hydrogen-bond acceptors (Lipinski definition) is 6. The fourth-order valence-corrected chi connectivity index (χ4v) is 2.62. The first-order valence-electron chi connectivity index (χ1n) is 6.48. The lowest BCUT2D eigenvalue weighted by molar-refractivity contribution is 0.370. The van der Waals surface area contributed by atoms with E-state index < -0.39 is 5.63 Å². The molecule has 0 aliphatic carbocycles. The standard InChI is InChI=1S/C16H10O6/c1-20-10-5-4-9-14-12(16(19)22-15(9)13(10)18)8-3-2-7(17)6-11(8)21-14/h2-6,17-18H,1H3. The monoisotopic (exact) mass is 298 g/mol. The molecule has 0 aliphatic rings. The van der Waals surface area contributed by atoms with Gasteiger partial charge in [-0.15, -0.1) is 0 Å². The molecule has 22 heavy (non-hydrogen) atoms. The van der Waals surface area contributed by atoms with E-state index in [1.165, 1.54) is 19.2 Å². The molecule has 0 atom stereocenters. The Balaban J connectivity index is 2.27. The summed E-state index contributed by atoms with van der Waals surface area (Å²) in [7, 11) is 1.40. The molecule has 2 aromatic carbocycles. The Hall–Kier alpha value is -3.15. The second-order valence-electron chi connectivity index (χ2n) is 4.87. The van der Waals surface area contributed by atoms with Crippen LogP contribution in [0.1, 0.15) is 0 Å². The predicted octanol–water partition coefficient (Wildman–Crippen LogP) is 3.11. The van der Waals surface area contributed by atoms with Crippen molar-refractivity contribution < 1.29 is 23.8 Å². The quantitative estimate of drug-likeness (QED) is 0.524. The van der Waals surface area contributed by atoms with Crippen molar-refractivity contribution in [2.24, 2.45) is 0 Å². The van der Waals surface area contributed by atoms with Crippen LogP contribution in [0.5, 0.6) is 17.2 Å². The summed E-state index contributed by atoms with van der Waals surface area (Å²) in [5.41, 5.74) is 0.0329. The molecule has 2 aromatic heterocycles. The summed E-state index contributed by atoms with van der Waals surface area (Å²) in [5, 5.41) is 20.9. The zero-order valence-corrected chi connectivity index (χ0v) is 11.4. The van der Waals surface area contributed by atoms with Gasteiger partial charge in [-0.2, -0.15) is 0 Å². The van der Waals surface area contributed by atoms with E-state index in [4.69, 9.17) is 13.6 Å². The van der Waals surface area contributed by atoms with E-state index in [1.54, 1.807) is 18.2 Å².